The molecular weight excluding hydrogens is 314 g/mol. The predicted molar refractivity (Wildman–Crippen MR) is 83.0 cm³/mol. The topological polar surface area (TPSA) is 72.8 Å². The summed E-state index contributed by atoms with van der Waals surface area (Å²) < 4.78 is 27.9. The van der Waals surface area contributed by atoms with Crippen molar-refractivity contribution in [2.75, 3.05) is 7.05 Å². The highest BCUT2D eigenvalue weighted by molar-refractivity contribution is 5.94. The second kappa shape index (κ2) is 6.08. The highest BCUT2D eigenvalue weighted by Crippen LogP contribution is 2.18. The number of fused-ring (bicyclic) bond motifs is 1. The van der Waals surface area contributed by atoms with Crippen LogP contribution in [0.2, 0.25) is 0 Å². The lowest BCUT2D eigenvalue weighted by Crippen LogP contribution is -2.28. The standard InChI is InChI=1S/C17H12F2N4O/c1-23(9-15-21-13-4-2-3-5-14(13)22-15)17(24)16-11(18)6-10(8-20)7-12(16)19/h2-7H,9H2,1H3,(H,21,22). The molecule has 0 radical (unpaired) electrons. The molecule has 2 aromatic carbocycles. The number of amides is 1. The molecule has 120 valence electrons. The number of rotatable bonds is 3. The average Bonchev–Trinajstić information content (AvgIpc) is 2.95. The lowest BCUT2D eigenvalue weighted by atomic mass is 10.1. The van der Waals surface area contributed by atoms with Crippen LogP contribution in [0.3, 0.4) is 0 Å². The molecule has 0 spiro atoms. The van der Waals surface area contributed by atoms with E-state index in [1.54, 1.807) is 6.07 Å². The molecule has 0 atom stereocenters. The Balaban J connectivity index is 1.86. The van der Waals surface area contributed by atoms with Gasteiger partial charge in [0.05, 0.1) is 29.2 Å². The molecule has 24 heavy (non-hydrogen) atoms. The summed E-state index contributed by atoms with van der Waals surface area (Å²) in [6.07, 6.45) is 0. The van der Waals surface area contributed by atoms with Gasteiger partial charge in [-0.2, -0.15) is 5.26 Å². The van der Waals surface area contributed by atoms with Gasteiger partial charge in [0.25, 0.3) is 5.91 Å². The minimum absolute atomic E-state index is 0.0619. The second-order valence-corrected chi connectivity index (χ2v) is 5.29. The normalized spacial score (nSPS) is 10.6. The molecule has 1 aromatic heterocycles. The number of nitriles is 1. The molecule has 5 nitrogen and oxygen atoms in total. The molecule has 7 heteroatoms. The maximum atomic E-state index is 14.0. The molecule has 1 heterocycles. The number of para-hydroxylation sites is 2. The first-order chi connectivity index (χ1) is 11.5. The van der Waals surface area contributed by atoms with Crippen molar-refractivity contribution in [3.05, 3.63) is 65.0 Å². The Bertz CT molecular complexity index is 918. The van der Waals surface area contributed by atoms with E-state index in [0.717, 1.165) is 28.1 Å². The van der Waals surface area contributed by atoms with Crippen molar-refractivity contribution >= 4 is 16.9 Å². The van der Waals surface area contributed by atoms with Gasteiger partial charge in [-0.25, -0.2) is 13.8 Å². The smallest absolute Gasteiger partial charge is 0.259 e. The van der Waals surface area contributed by atoms with Gasteiger partial charge in [0.1, 0.15) is 23.0 Å². The van der Waals surface area contributed by atoms with Gasteiger partial charge in [-0.1, -0.05) is 12.1 Å². The zero-order valence-corrected chi connectivity index (χ0v) is 12.7. The summed E-state index contributed by atoms with van der Waals surface area (Å²) in [5, 5.41) is 8.70. The first kappa shape index (κ1) is 15.6. The monoisotopic (exact) mass is 326 g/mol. The van der Waals surface area contributed by atoms with E-state index in [1.165, 1.54) is 7.05 Å². The van der Waals surface area contributed by atoms with Crippen LogP contribution >= 0.6 is 0 Å². The Morgan fingerprint density at radius 1 is 1.29 bits per heavy atom. The quantitative estimate of drug-likeness (QED) is 0.804. The Morgan fingerprint density at radius 2 is 1.96 bits per heavy atom. The molecule has 3 aromatic rings. The maximum Gasteiger partial charge on any atom is 0.259 e. The molecule has 0 bridgehead atoms. The molecule has 0 saturated heterocycles. The number of aromatic amines is 1. The number of H-pyrrole nitrogens is 1. The van der Waals surface area contributed by atoms with E-state index >= 15 is 0 Å². The summed E-state index contributed by atoms with van der Waals surface area (Å²) in [5.41, 5.74) is 0.683. The minimum Gasteiger partial charge on any atom is -0.340 e. The van der Waals surface area contributed by atoms with Gasteiger partial charge in [0.2, 0.25) is 0 Å². The largest absolute Gasteiger partial charge is 0.340 e. The third-order valence-electron chi connectivity index (χ3n) is 3.56. The van der Waals surface area contributed by atoms with Crippen LogP contribution in [0.25, 0.3) is 11.0 Å². The van der Waals surface area contributed by atoms with Crippen molar-refractivity contribution in [1.82, 2.24) is 14.9 Å². The molecule has 3 rings (SSSR count). The molecular formula is C17H12F2N4O. The number of nitrogens with zero attached hydrogens (tertiary/aromatic N) is 3. The van der Waals surface area contributed by atoms with Gasteiger partial charge in [-0.3, -0.25) is 4.79 Å². The molecule has 0 aliphatic heterocycles. The van der Waals surface area contributed by atoms with Crippen LogP contribution in [0.1, 0.15) is 21.7 Å². The first-order valence-electron chi connectivity index (χ1n) is 7.08. The van der Waals surface area contributed by atoms with E-state index in [1.807, 2.05) is 24.3 Å². The van der Waals surface area contributed by atoms with Gasteiger partial charge in [0, 0.05) is 7.05 Å². The average molecular weight is 326 g/mol. The van der Waals surface area contributed by atoms with Crippen molar-refractivity contribution in [3.63, 3.8) is 0 Å². The fourth-order valence-electron chi connectivity index (χ4n) is 2.41. The number of hydrogen-bond donors (Lipinski definition) is 1. The van der Waals surface area contributed by atoms with Crippen molar-refractivity contribution in [2.45, 2.75) is 6.54 Å². The van der Waals surface area contributed by atoms with Gasteiger partial charge in [-0.05, 0) is 24.3 Å². The van der Waals surface area contributed by atoms with Crippen molar-refractivity contribution < 1.29 is 13.6 Å². The summed E-state index contributed by atoms with van der Waals surface area (Å²) in [7, 11) is 1.42. The van der Waals surface area contributed by atoms with E-state index < -0.39 is 23.1 Å². The zero-order valence-electron chi connectivity index (χ0n) is 12.7. The van der Waals surface area contributed by atoms with Crippen LogP contribution in [0.5, 0.6) is 0 Å². The second-order valence-electron chi connectivity index (χ2n) is 5.29. The van der Waals surface area contributed by atoms with Crippen LogP contribution in [0.4, 0.5) is 8.78 Å². The van der Waals surface area contributed by atoms with Crippen molar-refractivity contribution in [1.29, 1.82) is 5.26 Å². The number of imidazole rings is 1. The zero-order chi connectivity index (χ0) is 17.3. The van der Waals surface area contributed by atoms with Gasteiger partial charge in [-0.15, -0.1) is 0 Å². The van der Waals surface area contributed by atoms with Crippen molar-refractivity contribution in [2.24, 2.45) is 0 Å². The van der Waals surface area contributed by atoms with Crippen molar-refractivity contribution in [3.8, 4) is 6.07 Å². The summed E-state index contributed by atoms with van der Waals surface area (Å²) >= 11 is 0. The number of halogens is 2. The number of aromatic nitrogens is 2. The van der Waals surface area contributed by atoms with E-state index in [9.17, 15) is 13.6 Å². The third-order valence-corrected chi connectivity index (χ3v) is 3.56. The predicted octanol–water partition coefficient (Wildman–Crippen LogP) is 2.98. The van der Waals surface area contributed by atoms with E-state index in [4.69, 9.17) is 5.26 Å². The Morgan fingerprint density at radius 3 is 2.58 bits per heavy atom. The minimum atomic E-state index is -1.06. The molecule has 0 unspecified atom stereocenters. The van der Waals surface area contributed by atoms with Crippen LogP contribution in [0.15, 0.2) is 36.4 Å². The van der Waals surface area contributed by atoms with Gasteiger partial charge >= 0.3 is 0 Å². The fourth-order valence-corrected chi connectivity index (χ4v) is 2.41. The molecule has 0 aliphatic rings. The lowest BCUT2D eigenvalue weighted by molar-refractivity contribution is 0.0772. The third kappa shape index (κ3) is 2.82. The number of benzene rings is 2. The Hall–Kier alpha value is -3.27. The number of hydrogen-bond acceptors (Lipinski definition) is 3. The summed E-state index contributed by atoms with van der Waals surface area (Å²) in [6.45, 7) is 0.0619. The molecule has 1 amide bonds. The summed E-state index contributed by atoms with van der Waals surface area (Å²) in [4.78, 5) is 20.9. The first-order valence-corrected chi connectivity index (χ1v) is 7.08. The molecule has 1 N–H and O–H groups in total. The summed E-state index contributed by atoms with van der Waals surface area (Å²) in [6, 6.07) is 10.7. The van der Waals surface area contributed by atoms with Crippen LogP contribution in [-0.2, 0) is 6.54 Å². The van der Waals surface area contributed by atoms with Crippen LogP contribution in [0, 0.1) is 23.0 Å². The highest BCUT2D eigenvalue weighted by atomic mass is 19.1. The molecule has 0 saturated carbocycles. The van der Waals surface area contributed by atoms with Crippen LogP contribution < -0.4 is 0 Å². The fraction of sp³-hybridized carbons (Fsp3) is 0.118. The van der Waals surface area contributed by atoms with Crippen LogP contribution in [-0.4, -0.2) is 27.8 Å². The number of nitrogens with one attached hydrogen (secondary N) is 1. The summed E-state index contributed by atoms with van der Waals surface area (Å²) in [5.74, 6) is -2.45. The van der Waals surface area contributed by atoms with E-state index in [-0.39, 0.29) is 12.1 Å². The highest BCUT2D eigenvalue weighted by Gasteiger charge is 2.22. The maximum absolute atomic E-state index is 14.0. The van der Waals surface area contributed by atoms with Gasteiger partial charge < -0.3 is 9.88 Å². The Kier molecular flexibility index (Phi) is 3.96. The van der Waals surface area contributed by atoms with E-state index in [2.05, 4.69) is 9.97 Å². The molecule has 0 aliphatic carbocycles. The number of carbonyl (C=O) groups excluding carboxylic acids is 1. The Labute approximate surface area is 136 Å². The number of carbonyl (C=O) groups is 1. The van der Waals surface area contributed by atoms with E-state index in [0.29, 0.717) is 5.82 Å². The molecule has 0 fully saturated rings. The van der Waals surface area contributed by atoms with Gasteiger partial charge in [0.15, 0.2) is 0 Å². The SMILES string of the molecule is CN(Cc1nc2ccccc2[nH]1)C(=O)c1c(F)cc(C#N)cc1F. The lowest BCUT2D eigenvalue weighted by Gasteiger charge is -2.16.